The summed E-state index contributed by atoms with van der Waals surface area (Å²) in [5.41, 5.74) is 4.88. The molecule has 0 fully saturated rings. The minimum atomic E-state index is -2.09. The first-order chi connectivity index (χ1) is 13.9. The molecule has 0 unspecified atom stereocenters. The molecule has 0 N–H and O–H groups in total. The van der Waals surface area contributed by atoms with Crippen molar-refractivity contribution in [2.24, 2.45) is 0 Å². The van der Waals surface area contributed by atoms with E-state index < -0.39 is 8.07 Å². The van der Waals surface area contributed by atoms with E-state index in [1.54, 1.807) is 32.1 Å². The van der Waals surface area contributed by atoms with E-state index >= 15 is 0 Å². The van der Waals surface area contributed by atoms with Gasteiger partial charge in [-0.2, -0.15) is 0 Å². The van der Waals surface area contributed by atoms with Crippen LogP contribution in [-0.2, 0) is 14.3 Å². The summed E-state index contributed by atoms with van der Waals surface area (Å²) in [7, 11) is -2.09. The largest absolute Gasteiger partial charge is 0.466 e. The predicted octanol–water partition coefficient (Wildman–Crippen LogP) is 4.51. The molecule has 0 atom stereocenters. The quantitative estimate of drug-likeness (QED) is 0.366. The lowest BCUT2D eigenvalue weighted by molar-refractivity contribution is -0.142. The third-order valence-electron chi connectivity index (χ3n) is 4.63. The van der Waals surface area contributed by atoms with Crippen LogP contribution in [0.15, 0.2) is 66.4 Å². The van der Waals surface area contributed by atoms with Crippen LogP contribution >= 0.6 is 0 Å². The fourth-order valence-electron chi connectivity index (χ4n) is 3.07. The van der Waals surface area contributed by atoms with Crippen LogP contribution in [0.4, 0.5) is 0 Å². The molecule has 0 aromatic heterocycles. The molecule has 2 rings (SSSR count). The number of benzene rings is 2. The molecule has 5 heteroatoms. The molecule has 4 nitrogen and oxygen atoms in total. The van der Waals surface area contributed by atoms with Crippen molar-refractivity contribution in [1.29, 1.82) is 0 Å². The topological polar surface area (TPSA) is 52.6 Å². The summed E-state index contributed by atoms with van der Waals surface area (Å²) in [6, 6.07) is 17.7. The number of esters is 2. The fraction of sp³-hybridized carbons (Fsp3) is 0.292. The zero-order valence-electron chi connectivity index (χ0n) is 17.5. The molecule has 2 aromatic rings. The second-order valence-electron chi connectivity index (χ2n) is 7.02. The molecular formula is C24H28O4Si. The van der Waals surface area contributed by atoms with Crippen molar-refractivity contribution in [1.82, 2.24) is 0 Å². The molecule has 0 aliphatic carbocycles. The van der Waals surface area contributed by atoms with Crippen LogP contribution in [0.25, 0.3) is 5.20 Å². The van der Waals surface area contributed by atoms with Gasteiger partial charge in [-0.3, -0.25) is 4.79 Å². The Labute approximate surface area is 173 Å². The van der Waals surface area contributed by atoms with E-state index in [9.17, 15) is 9.59 Å². The fourth-order valence-corrected chi connectivity index (χ4v) is 5.73. The van der Waals surface area contributed by atoms with Crippen LogP contribution in [0.2, 0.25) is 13.1 Å². The highest BCUT2D eigenvalue weighted by atomic mass is 28.3. The second-order valence-corrected chi connectivity index (χ2v) is 11.3. The van der Waals surface area contributed by atoms with E-state index in [0.29, 0.717) is 18.8 Å². The van der Waals surface area contributed by atoms with Gasteiger partial charge in [0.1, 0.15) is 8.07 Å². The Balaban J connectivity index is 2.46. The average Bonchev–Trinajstić information content (AvgIpc) is 2.72. The van der Waals surface area contributed by atoms with Crippen molar-refractivity contribution in [3.05, 3.63) is 77.5 Å². The molecule has 0 radical (unpaired) electrons. The Hall–Kier alpha value is -2.88. The Morgan fingerprint density at radius 2 is 1.48 bits per heavy atom. The number of carbonyl (C=O) groups is 2. The van der Waals surface area contributed by atoms with Crippen molar-refractivity contribution in [2.75, 3.05) is 13.2 Å². The molecule has 0 aliphatic rings. The maximum absolute atomic E-state index is 12.0. The van der Waals surface area contributed by atoms with E-state index in [1.165, 1.54) is 5.19 Å². The molecule has 0 saturated carbocycles. The van der Waals surface area contributed by atoms with E-state index in [1.807, 2.05) is 30.3 Å². The maximum Gasteiger partial charge on any atom is 0.338 e. The molecule has 0 amide bonds. The number of carbonyl (C=O) groups excluding carboxylic acids is 2. The molecule has 0 heterocycles. The molecule has 0 bridgehead atoms. The second kappa shape index (κ2) is 10.6. The Morgan fingerprint density at radius 3 is 2.07 bits per heavy atom. The maximum atomic E-state index is 12.0. The van der Waals surface area contributed by atoms with Crippen molar-refractivity contribution in [2.45, 2.75) is 33.4 Å². The third kappa shape index (κ3) is 6.05. The van der Waals surface area contributed by atoms with E-state index in [4.69, 9.17) is 9.47 Å². The van der Waals surface area contributed by atoms with Gasteiger partial charge < -0.3 is 9.47 Å². The lowest BCUT2D eigenvalue weighted by atomic mass is 10.1. The van der Waals surface area contributed by atoms with Gasteiger partial charge in [-0.1, -0.05) is 60.7 Å². The van der Waals surface area contributed by atoms with Crippen molar-refractivity contribution < 1.29 is 19.1 Å². The molecule has 29 heavy (non-hydrogen) atoms. The smallest absolute Gasteiger partial charge is 0.338 e. The SMILES string of the molecule is CCOC(=O)CC=C=C(c1ccc(C(=O)OCC)cc1)[Si](C)(C)c1ccccc1. The Morgan fingerprint density at radius 1 is 0.897 bits per heavy atom. The normalized spacial score (nSPS) is 10.6. The van der Waals surface area contributed by atoms with Crippen LogP contribution in [-0.4, -0.2) is 33.2 Å². The highest BCUT2D eigenvalue weighted by Gasteiger charge is 2.29. The number of hydrogen-bond acceptors (Lipinski definition) is 4. The lowest BCUT2D eigenvalue weighted by Crippen LogP contribution is -2.42. The van der Waals surface area contributed by atoms with Crippen LogP contribution in [0, 0.1) is 0 Å². The monoisotopic (exact) mass is 408 g/mol. The Kier molecular flexibility index (Phi) is 8.19. The van der Waals surface area contributed by atoms with Crippen LogP contribution in [0.1, 0.15) is 36.2 Å². The van der Waals surface area contributed by atoms with Crippen molar-refractivity contribution in [3.8, 4) is 0 Å². The van der Waals surface area contributed by atoms with Gasteiger partial charge in [-0.15, -0.1) is 5.73 Å². The zero-order valence-corrected chi connectivity index (χ0v) is 18.5. The van der Waals surface area contributed by atoms with Crippen LogP contribution < -0.4 is 5.19 Å². The Bertz CT molecular complexity index is 892. The third-order valence-corrected chi connectivity index (χ3v) is 8.09. The first kappa shape index (κ1) is 22.4. The first-order valence-electron chi connectivity index (χ1n) is 9.84. The predicted molar refractivity (Wildman–Crippen MR) is 119 cm³/mol. The van der Waals surface area contributed by atoms with Gasteiger partial charge in [-0.25, -0.2) is 4.79 Å². The molecular weight excluding hydrogens is 380 g/mol. The van der Waals surface area contributed by atoms with Gasteiger partial charge >= 0.3 is 11.9 Å². The van der Waals surface area contributed by atoms with Crippen molar-refractivity contribution >= 4 is 30.4 Å². The number of ether oxygens (including phenoxy) is 2. The molecule has 0 saturated heterocycles. The van der Waals surface area contributed by atoms with Gasteiger partial charge in [0.25, 0.3) is 0 Å². The summed E-state index contributed by atoms with van der Waals surface area (Å²) >= 11 is 0. The van der Waals surface area contributed by atoms with Gasteiger partial charge in [0.05, 0.1) is 25.2 Å². The molecule has 0 aliphatic heterocycles. The van der Waals surface area contributed by atoms with Crippen molar-refractivity contribution in [3.63, 3.8) is 0 Å². The summed E-state index contributed by atoms with van der Waals surface area (Å²) in [6.45, 7) is 8.79. The molecule has 152 valence electrons. The highest BCUT2D eigenvalue weighted by Crippen LogP contribution is 2.26. The highest BCUT2D eigenvalue weighted by molar-refractivity contribution is 7.04. The summed E-state index contributed by atoms with van der Waals surface area (Å²) in [6.07, 6.45) is 1.92. The van der Waals surface area contributed by atoms with E-state index in [-0.39, 0.29) is 18.4 Å². The minimum Gasteiger partial charge on any atom is -0.466 e. The van der Waals surface area contributed by atoms with Gasteiger partial charge in [0, 0.05) is 0 Å². The lowest BCUT2D eigenvalue weighted by Gasteiger charge is -2.25. The van der Waals surface area contributed by atoms with Gasteiger partial charge in [-0.05, 0) is 42.8 Å². The van der Waals surface area contributed by atoms with Gasteiger partial charge in [0.2, 0.25) is 0 Å². The van der Waals surface area contributed by atoms with Gasteiger partial charge in [0.15, 0.2) is 0 Å². The summed E-state index contributed by atoms with van der Waals surface area (Å²) in [5.74, 6) is -0.599. The van der Waals surface area contributed by atoms with Crippen LogP contribution in [0.3, 0.4) is 0 Å². The van der Waals surface area contributed by atoms with E-state index in [2.05, 4.69) is 31.0 Å². The minimum absolute atomic E-state index is 0.178. The summed E-state index contributed by atoms with van der Waals surface area (Å²) < 4.78 is 10.1. The number of hydrogen-bond donors (Lipinski definition) is 0. The summed E-state index contributed by atoms with van der Waals surface area (Å²) in [5, 5.41) is 2.32. The van der Waals surface area contributed by atoms with Crippen LogP contribution in [0.5, 0.6) is 0 Å². The summed E-state index contributed by atoms with van der Waals surface area (Å²) in [4.78, 5) is 23.7. The first-order valence-corrected chi connectivity index (χ1v) is 12.8. The number of rotatable bonds is 8. The molecule has 0 spiro atoms. The zero-order chi connectivity index (χ0) is 21.3. The average molecular weight is 409 g/mol. The standard InChI is InChI=1S/C24H28O4Si/c1-5-27-23(25)14-10-13-22(29(3,4)21-11-8-7-9-12-21)19-15-17-20(18-16-19)24(26)28-6-2/h7-12,15-18H,5-6,14H2,1-4H3. The molecule has 2 aromatic carbocycles. The van der Waals surface area contributed by atoms with E-state index in [0.717, 1.165) is 10.8 Å².